The second-order valence-electron chi connectivity index (χ2n) is 9.42. The Hall–Kier alpha value is -2.94. The summed E-state index contributed by atoms with van der Waals surface area (Å²) >= 11 is 0. The number of rotatable bonds is 9. The second-order valence-corrected chi connectivity index (χ2v) is 11.3. The molecule has 0 saturated carbocycles. The lowest BCUT2D eigenvalue weighted by Gasteiger charge is -2.34. The molecule has 9 heteroatoms. The van der Waals surface area contributed by atoms with Crippen molar-refractivity contribution in [3.63, 3.8) is 0 Å². The van der Waals surface area contributed by atoms with E-state index in [0.29, 0.717) is 6.42 Å². The van der Waals surface area contributed by atoms with Crippen molar-refractivity contribution in [3.8, 4) is 0 Å². The molecule has 0 aliphatic carbocycles. The Balaban J connectivity index is 2.43. The largest absolute Gasteiger partial charge is 0.350 e. The summed E-state index contributed by atoms with van der Waals surface area (Å²) in [6, 6.07) is 11.6. The summed E-state index contributed by atoms with van der Waals surface area (Å²) in [5, 5.41) is 2.92. The van der Waals surface area contributed by atoms with Gasteiger partial charge in [0.25, 0.3) is 0 Å². The van der Waals surface area contributed by atoms with E-state index in [-0.39, 0.29) is 18.1 Å². The third-order valence-electron chi connectivity index (χ3n) is 5.15. The van der Waals surface area contributed by atoms with Crippen LogP contribution in [0.4, 0.5) is 10.1 Å². The molecule has 0 radical (unpaired) electrons. The molecule has 2 aromatic carbocycles. The third-order valence-corrected chi connectivity index (χ3v) is 6.29. The number of carbonyl (C=O) groups is 2. The summed E-state index contributed by atoms with van der Waals surface area (Å²) in [6.07, 6.45) is 1.33. The molecule has 0 heterocycles. The zero-order valence-electron chi connectivity index (χ0n) is 20.6. The first-order chi connectivity index (χ1) is 15.7. The highest BCUT2D eigenvalue weighted by atomic mass is 32.2. The average molecular weight is 492 g/mol. The van der Waals surface area contributed by atoms with Crippen LogP contribution in [0.2, 0.25) is 0 Å². The highest BCUT2D eigenvalue weighted by molar-refractivity contribution is 7.92. The highest BCUT2D eigenvalue weighted by Gasteiger charge is 2.33. The SMILES string of the molecule is CCC(C(=O)NC(C)(C)C)N(Cc1ccc(C)cc1)C(=O)CN(c1ccc(F)cc1)S(C)(=O)=O. The number of hydrogen-bond acceptors (Lipinski definition) is 4. The molecule has 0 aliphatic heterocycles. The van der Waals surface area contributed by atoms with Gasteiger partial charge in [0.2, 0.25) is 21.8 Å². The number of sulfonamides is 1. The minimum atomic E-state index is -3.86. The van der Waals surface area contributed by atoms with Gasteiger partial charge in [-0.3, -0.25) is 13.9 Å². The number of carbonyl (C=O) groups excluding carboxylic acids is 2. The second kappa shape index (κ2) is 11.0. The molecule has 0 spiro atoms. The topological polar surface area (TPSA) is 86.8 Å². The first-order valence-corrected chi connectivity index (χ1v) is 13.0. The van der Waals surface area contributed by atoms with Gasteiger partial charge < -0.3 is 10.2 Å². The van der Waals surface area contributed by atoms with Gasteiger partial charge in [-0.25, -0.2) is 12.8 Å². The molecule has 186 valence electrons. The van der Waals surface area contributed by atoms with Gasteiger partial charge in [0, 0.05) is 12.1 Å². The van der Waals surface area contributed by atoms with E-state index >= 15 is 0 Å². The number of hydrogen-bond donors (Lipinski definition) is 1. The number of anilines is 1. The predicted molar refractivity (Wildman–Crippen MR) is 132 cm³/mol. The van der Waals surface area contributed by atoms with E-state index in [4.69, 9.17) is 0 Å². The van der Waals surface area contributed by atoms with Crippen molar-refractivity contribution in [2.75, 3.05) is 17.1 Å². The Bertz CT molecular complexity index is 1090. The van der Waals surface area contributed by atoms with Gasteiger partial charge in [-0.2, -0.15) is 0 Å². The smallest absolute Gasteiger partial charge is 0.244 e. The van der Waals surface area contributed by atoms with Crippen LogP contribution in [0.3, 0.4) is 0 Å². The molecule has 34 heavy (non-hydrogen) atoms. The molecule has 7 nitrogen and oxygen atoms in total. The lowest BCUT2D eigenvalue weighted by atomic mass is 10.1. The van der Waals surface area contributed by atoms with Crippen LogP contribution in [0, 0.1) is 12.7 Å². The van der Waals surface area contributed by atoms with Crippen molar-refractivity contribution < 1.29 is 22.4 Å². The Labute approximate surface area is 202 Å². The van der Waals surface area contributed by atoms with Crippen molar-refractivity contribution in [2.45, 2.75) is 59.2 Å². The van der Waals surface area contributed by atoms with Gasteiger partial charge in [-0.1, -0.05) is 36.8 Å². The Kier molecular flexibility index (Phi) is 8.83. The van der Waals surface area contributed by atoms with Gasteiger partial charge in [-0.15, -0.1) is 0 Å². The van der Waals surface area contributed by atoms with E-state index < -0.39 is 39.9 Å². The molecule has 1 N–H and O–H groups in total. The van der Waals surface area contributed by atoms with Gasteiger partial charge in [0.1, 0.15) is 18.4 Å². The molecule has 0 aromatic heterocycles. The van der Waals surface area contributed by atoms with Crippen molar-refractivity contribution >= 4 is 27.5 Å². The van der Waals surface area contributed by atoms with E-state index in [0.717, 1.165) is 33.8 Å². The normalized spacial score (nSPS) is 12.7. The molecular weight excluding hydrogens is 457 g/mol. The van der Waals surface area contributed by atoms with Crippen LogP contribution in [0.1, 0.15) is 45.2 Å². The number of benzene rings is 2. The summed E-state index contributed by atoms with van der Waals surface area (Å²) in [7, 11) is -3.86. The van der Waals surface area contributed by atoms with Gasteiger partial charge >= 0.3 is 0 Å². The van der Waals surface area contributed by atoms with Crippen molar-refractivity contribution in [1.29, 1.82) is 0 Å². The zero-order valence-corrected chi connectivity index (χ0v) is 21.4. The fourth-order valence-electron chi connectivity index (χ4n) is 3.48. The molecule has 1 unspecified atom stereocenters. The van der Waals surface area contributed by atoms with E-state index in [9.17, 15) is 22.4 Å². The van der Waals surface area contributed by atoms with E-state index in [2.05, 4.69) is 5.32 Å². The van der Waals surface area contributed by atoms with Crippen molar-refractivity contribution in [1.82, 2.24) is 10.2 Å². The molecule has 2 amide bonds. The Morgan fingerprint density at radius 1 is 1.03 bits per heavy atom. The quantitative estimate of drug-likeness (QED) is 0.581. The lowest BCUT2D eigenvalue weighted by Crippen LogP contribution is -2.55. The monoisotopic (exact) mass is 491 g/mol. The number of nitrogens with zero attached hydrogens (tertiary/aromatic N) is 2. The molecule has 0 bridgehead atoms. The van der Waals surface area contributed by atoms with Crippen LogP contribution in [0.5, 0.6) is 0 Å². The highest BCUT2D eigenvalue weighted by Crippen LogP contribution is 2.20. The van der Waals surface area contributed by atoms with Gasteiger partial charge in [0.15, 0.2) is 0 Å². The first kappa shape index (κ1) is 27.3. The number of halogens is 1. The Morgan fingerprint density at radius 3 is 2.06 bits per heavy atom. The van der Waals surface area contributed by atoms with Crippen molar-refractivity contribution in [3.05, 3.63) is 65.5 Å². The molecule has 0 saturated heterocycles. The standard InChI is InChI=1S/C25H34FN3O4S/c1-7-22(24(31)27-25(3,4)5)28(16-19-10-8-18(2)9-11-19)23(30)17-29(34(6,32)33)21-14-12-20(26)13-15-21/h8-15,22H,7,16-17H2,1-6H3,(H,27,31). The molecule has 2 aromatic rings. The summed E-state index contributed by atoms with van der Waals surface area (Å²) in [5.74, 6) is -1.37. The molecule has 1 atom stereocenters. The van der Waals surface area contributed by atoms with Crippen LogP contribution in [-0.2, 0) is 26.2 Å². The number of amides is 2. The Morgan fingerprint density at radius 2 is 1.59 bits per heavy atom. The van der Waals surface area contributed by atoms with E-state index in [1.165, 1.54) is 17.0 Å². The fourth-order valence-corrected chi connectivity index (χ4v) is 4.33. The van der Waals surface area contributed by atoms with Crippen LogP contribution >= 0.6 is 0 Å². The van der Waals surface area contributed by atoms with Gasteiger partial charge in [0.05, 0.1) is 11.9 Å². The number of nitrogens with one attached hydrogen (secondary N) is 1. The summed E-state index contributed by atoms with van der Waals surface area (Å²) in [5.41, 5.74) is 1.53. The van der Waals surface area contributed by atoms with Crippen molar-refractivity contribution in [2.24, 2.45) is 0 Å². The van der Waals surface area contributed by atoms with E-state index in [1.807, 2.05) is 52.0 Å². The predicted octanol–water partition coefficient (Wildman–Crippen LogP) is 3.62. The molecule has 0 fully saturated rings. The minimum absolute atomic E-state index is 0.135. The maximum atomic E-state index is 13.5. The number of aryl methyl sites for hydroxylation is 1. The maximum absolute atomic E-state index is 13.5. The van der Waals surface area contributed by atoms with E-state index in [1.54, 1.807) is 6.92 Å². The van der Waals surface area contributed by atoms with Crippen LogP contribution in [-0.4, -0.2) is 49.5 Å². The molecule has 0 aliphatic rings. The zero-order chi connectivity index (χ0) is 25.7. The summed E-state index contributed by atoms with van der Waals surface area (Å²) in [6.45, 7) is 8.92. The maximum Gasteiger partial charge on any atom is 0.244 e. The average Bonchev–Trinajstić information content (AvgIpc) is 2.72. The van der Waals surface area contributed by atoms with Crippen LogP contribution < -0.4 is 9.62 Å². The van der Waals surface area contributed by atoms with Crippen LogP contribution in [0.15, 0.2) is 48.5 Å². The molecular formula is C25H34FN3O4S. The summed E-state index contributed by atoms with van der Waals surface area (Å²) in [4.78, 5) is 28.0. The first-order valence-electron chi connectivity index (χ1n) is 11.1. The molecule has 2 rings (SSSR count). The minimum Gasteiger partial charge on any atom is -0.350 e. The van der Waals surface area contributed by atoms with Gasteiger partial charge in [-0.05, 0) is 63.9 Å². The summed E-state index contributed by atoms with van der Waals surface area (Å²) < 4.78 is 39.3. The third kappa shape index (κ3) is 7.83. The lowest BCUT2D eigenvalue weighted by molar-refractivity contribution is -0.141. The fraction of sp³-hybridized carbons (Fsp3) is 0.440. The van der Waals surface area contributed by atoms with Crippen LogP contribution in [0.25, 0.3) is 0 Å².